The first kappa shape index (κ1) is 13.7. The molecule has 1 fully saturated rings. The lowest BCUT2D eigenvalue weighted by Crippen LogP contribution is -2.40. The Labute approximate surface area is 114 Å². The summed E-state index contributed by atoms with van der Waals surface area (Å²) in [5.74, 6) is 0.768. The van der Waals surface area contributed by atoms with E-state index in [1.54, 1.807) is 36.4 Å². The number of amides is 1. The lowest BCUT2D eigenvalue weighted by atomic mass is 9.86. The van der Waals surface area contributed by atoms with E-state index in [0.717, 1.165) is 12.0 Å². The minimum absolute atomic E-state index is 0.0353. The van der Waals surface area contributed by atoms with Crippen LogP contribution in [0.1, 0.15) is 38.2 Å². The second kappa shape index (κ2) is 6.41. The Balaban J connectivity index is 1.88. The van der Waals surface area contributed by atoms with Crippen LogP contribution in [0, 0.1) is 5.92 Å². The van der Waals surface area contributed by atoms with Crippen molar-refractivity contribution in [3.63, 3.8) is 0 Å². The number of hydrogen-bond donors (Lipinski definition) is 2. The molecule has 1 aliphatic carbocycles. The highest BCUT2D eigenvalue weighted by Crippen LogP contribution is 2.23. The van der Waals surface area contributed by atoms with E-state index in [4.69, 9.17) is 0 Å². The van der Waals surface area contributed by atoms with Crippen LogP contribution in [0.15, 0.2) is 30.3 Å². The molecular weight excluding hydrogens is 238 g/mol. The molecule has 2 rings (SSSR count). The zero-order valence-electron chi connectivity index (χ0n) is 11.3. The predicted molar refractivity (Wildman–Crippen MR) is 76.7 cm³/mol. The summed E-state index contributed by atoms with van der Waals surface area (Å²) in [5.41, 5.74) is 0.907. The maximum Gasteiger partial charge on any atom is 0.244 e. The van der Waals surface area contributed by atoms with Gasteiger partial charge in [0.1, 0.15) is 5.75 Å². The van der Waals surface area contributed by atoms with E-state index in [9.17, 15) is 9.90 Å². The third kappa shape index (κ3) is 4.12. The van der Waals surface area contributed by atoms with E-state index in [1.165, 1.54) is 19.3 Å². The van der Waals surface area contributed by atoms with Gasteiger partial charge in [-0.2, -0.15) is 0 Å². The minimum Gasteiger partial charge on any atom is -0.508 e. The summed E-state index contributed by atoms with van der Waals surface area (Å²) in [7, 11) is 0. The molecule has 0 bridgehead atoms. The van der Waals surface area contributed by atoms with Gasteiger partial charge < -0.3 is 10.4 Å². The predicted octanol–water partition coefficient (Wildman–Crippen LogP) is 3.10. The molecule has 3 heteroatoms. The van der Waals surface area contributed by atoms with Crippen LogP contribution >= 0.6 is 0 Å². The van der Waals surface area contributed by atoms with E-state index in [0.29, 0.717) is 12.0 Å². The molecule has 102 valence electrons. The van der Waals surface area contributed by atoms with Crippen molar-refractivity contribution in [1.29, 1.82) is 0 Å². The van der Waals surface area contributed by atoms with Gasteiger partial charge in [-0.25, -0.2) is 0 Å². The fourth-order valence-electron chi connectivity index (χ4n) is 2.52. The van der Waals surface area contributed by atoms with Crippen molar-refractivity contribution >= 4 is 12.0 Å². The Morgan fingerprint density at radius 1 is 1.26 bits per heavy atom. The fraction of sp³-hybridized carbons (Fsp3) is 0.438. The van der Waals surface area contributed by atoms with E-state index in [2.05, 4.69) is 12.2 Å². The third-order valence-electron chi connectivity index (χ3n) is 3.76. The van der Waals surface area contributed by atoms with Crippen molar-refractivity contribution in [2.24, 2.45) is 5.92 Å². The molecule has 1 amide bonds. The number of phenolic OH excluding ortho intramolecular Hbond substituents is 1. The van der Waals surface area contributed by atoms with Gasteiger partial charge in [-0.05, 0) is 42.5 Å². The van der Waals surface area contributed by atoms with Gasteiger partial charge in [0.15, 0.2) is 0 Å². The molecule has 1 aromatic carbocycles. The lowest BCUT2D eigenvalue weighted by molar-refractivity contribution is -0.117. The number of nitrogens with one attached hydrogen (secondary N) is 1. The Bertz CT molecular complexity index is 450. The first-order valence-corrected chi connectivity index (χ1v) is 6.93. The lowest BCUT2D eigenvalue weighted by Gasteiger charge is -2.29. The van der Waals surface area contributed by atoms with Crippen molar-refractivity contribution in [3.8, 4) is 5.75 Å². The SMILES string of the molecule is CC1CCCCC1NC(=O)/C=C/c1ccc(O)cc1. The smallest absolute Gasteiger partial charge is 0.244 e. The van der Waals surface area contributed by atoms with Gasteiger partial charge in [-0.15, -0.1) is 0 Å². The number of hydrogen-bond acceptors (Lipinski definition) is 2. The molecular formula is C16H21NO2. The topological polar surface area (TPSA) is 49.3 Å². The summed E-state index contributed by atoms with van der Waals surface area (Å²) >= 11 is 0. The Morgan fingerprint density at radius 2 is 1.95 bits per heavy atom. The second-order valence-corrected chi connectivity index (χ2v) is 5.30. The molecule has 0 saturated heterocycles. The van der Waals surface area contributed by atoms with Crippen LogP contribution in [0.25, 0.3) is 6.08 Å². The highest BCUT2D eigenvalue weighted by atomic mass is 16.3. The molecule has 3 nitrogen and oxygen atoms in total. The zero-order valence-corrected chi connectivity index (χ0v) is 11.3. The maximum atomic E-state index is 11.8. The standard InChI is InChI=1S/C16H21NO2/c1-12-4-2-3-5-15(12)17-16(19)11-8-13-6-9-14(18)10-7-13/h6-12,15,18H,2-5H2,1H3,(H,17,19)/b11-8+. The summed E-state index contributed by atoms with van der Waals surface area (Å²) in [4.78, 5) is 11.8. The van der Waals surface area contributed by atoms with Crippen LogP contribution in [-0.2, 0) is 4.79 Å². The van der Waals surface area contributed by atoms with Gasteiger partial charge in [-0.3, -0.25) is 4.79 Å². The van der Waals surface area contributed by atoms with Gasteiger partial charge in [-0.1, -0.05) is 31.9 Å². The molecule has 0 radical (unpaired) electrons. The van der Waals surface area contributed by atoms with E-state index >= 15 is 0 Å². The Kier molecular flexibility index (Phi) is 4.61. The molecule has 0 heterocycles. The first-order valence-electron chi connectivity index (χ1n) is 6.93. The number of phenols is 1. The number of benzene rings is 1. The molecule has 2 atom stereocenters. The van der Waals surface area contributed by atoms with Crippen LogP contribution in [0.2, 0.25) is 0 Å². The van der Waals surface area contributed by atoms with Crippen molar-refractivity contribution in [3.05, 3.63) is 35.9 Å². The third-order valence-corrected chi connectivity index (χ3v) is 3.76. The molecule has 19 heavy (non-hydrogen) atoms. The Morgan fingerprint density at radius 3 is 2.63 bits per heavy atom. The van der Waals surface area contributed by atoms with E-state index in [1.807, 2.05) is 0 Å². The molecule has 2 N–H and O–H groups in total. The highest BCUT2D eigenvalue weighted by molar-refractivity contribution is 5.91. The van der Waals surface area contributed by atoms with Gasteiger partial charge in [0.2, 0.25) is 5.91 Å². The molecule has 0 spiro atoms. The summed E-state index contributed by atoms with van der Waals surface area (Å²) in [6.45, 7) is 2.20. The van der Waals surface area contributed by atoms with E-state index in [-0.39, 0.29) is 11.7 Å². The first-order chi connectivity index (χ1) is 9.15. The quantitative estimate of drug-likeness (QED) is 0.819. The average molecular weight is 259 g/mol. The van der Waals surface area contributed by atoms with Gasteiger partial charge in [0, 0.05) is 12.1 Å². The van der Waals surface area contributed by atoms with Crippen molar-refractivity contribution in [2.75, 3.05) is 0 Å². The van der Waals surface area contributed by atoms with Crippen molar-refractivity contribution in [1.82, 2.24) is 5.32 Å². The van der Waals surface area contributed by atoms with Crippen LogP contribution in [0.5, 0.6) is 5.75 Å². The van der Waals surface area contributed by atoms with Crippen LogP contribution in [0.3, 0.4) is 0 Å². The largest absolute Gasteiger partial charge is 0.508 e. The molecule has 1 aromatic rings. The summed E-state index contributed by atoms with van der Waals surface area (Å²) in [5, 5.41) is 12.3. The monoisotopic (exact) mass is 259 g/mol. The number of carbonyl (C=O) groups excluding carboxylic acids is 1. The maximum absolute atomic E-state index is 11.8. The molecule has 2 unspecified atom stereocenters. The number of aromatic hydroxyl groups is 1. The second-order valence-electron chi connectivity index (χ2n) is 5.30. The Hall–Kier alpha value is -1.77. The van der Waals surface area contributed by atoms with Crippen LogP contribution in [-0.4, -0.2) is 17.1 Å². The van der Waals surface area contributed by atoms with Crippen molar-refractivity contribution in [2.45, 2.75) is 38.6 Å². The van der Waals surface area contributed by atoms with Gasteiger partial charge >= 0.3 is 0 Å². The molecule has 1 aliphatic rings. The van der Waals surface area contributed by atoms with Crippen LogP contribution in [0.4, 0.5) is 0 Å². The zero-order chi connectivity index (χ0) is 13.7. The molecule has 1 saturated carbocycles. The highest BCUT2D eigenvalue weighted by Gasteiger charge is 2.21. The minimum atomic E-state index is -0.0353. The molecule has 0 aromatic heterocycles. The van der Waals surface area contributed by atoms with Crippen LogP contribution < -0.4 is 5.32 Å². The van der Waals surface area contributed by atoms with Crippen molar-refractivity contribution < 1.29 is 9.90 Å². The van der Waals surface area contributed by atoms with E-state index < -0.39 is 0 Å². The summed E-state index contributed by atoms with van der Waals surface area (Å²) < 4.78 is 0. The normalized spacial score (nSPS) is 23.4. The number of carbonyl (C=O) groups is 1. The number of rotatable bonds is 3. The molecule has 0 aliphatic heterocycles. The average Bonchev–Trinajstić information content (AvgIpc) is 2.41. The summed E-state index contributed by atoms with van der Waals surface area (Å²) in [6.07, 6.45) is 8.09. The van der Waals surface area contributed by atoms with Gasteiger partial charge in [0.25, 0.3) is 0 Å². The van der Waals surface area contributed by atoms with Gasteiger partial charge in [0.05, 0.1) is 0 Å². The fourth-order valence-corrected chi connectivity index (χ4v) is 2.52. The summed E-state index contributed by atoms with van der Waals surface area (Å²) in [6, 6.07) is 7.09.